The number of nitrogens with zero attached hydrogens (tertiary/aromatic N) is 1. The van der Waals surface area contributed by atoms with Crippen LogP contribution in [0, 0.1) is 10.1 Å². The molecule has 4 heteroatoms. The smallest absolute Gasteiger partial charge is 0.246 e. The summed E-state index contributed by atoms with van der Waals surface area (Å²) in [5.41, 5.74) is 0.269. The highest BCUT2D eigenvalue weighted by atomic mass is 16.6. The topological polar surface area (TPSA) is 60.2 Å². The Hall–Kier alpha value is -1.71. The quantitative estimate of drug-likeness (QED) is 0.149. The van der Waals surface area contributed by atoms with Gasteiger partial charge in [0, 0.05) is 6.42 Å². The zero-order valence-electron chi connectivity index (χ0n) is 15.0. The van der Waals surface area contributed by atoms with Crippen molar-refractivity contribution in [3.05, 3.63) is 46.2 Å². The monoisotopic (exact) mass is 334 g/mol. The van der Waals surface area contributed by atoms with Crippen molar-refractivity contribution in [2.75, 3.05) is 0 Å². The predicted octanol–water partition coefficient (Wildman–Crippen LogP) is 6.07. The Bertz CT molecular complexity index is 411. The average Bonchev–Trinajstić information content (AvgIpc) is 2.57. The van der Waals surface area contributed by atoms with Crippen molar-refractivity contribution < 1.29 is 9.72 Å². The van der Waals surface area contributed by atoms with Crippen molar-refractivity contribution in [3.63, 3.8) is 0 Å². The van der Waals surface area contributed by atoms with Crippen LogP contribution in [0.25, 0.3) is 0 Å². The zero-order valence-corrected chi connectivity index (χ0v) is 15.0. The summed E-state index contributed by atoms with van der Waals surface area (Å²) in [7, 11) is 0. The largest absolute Gasteiger partial charge is 0.291 e. The summed E-state index contributed by atoms with van der Waals surface area (Å²) in [6.07, 6.45) is 22.9. The molecule has 0 atom stereocenters. The molecule has 0 spiro atoms. The van der Waals surface area contributed by atoms with Gasteiger partial charge in [-0.05, 0) is 44.6 Å². The van der Waals surface area contributed by atoms with Crippen LogP contribution in [-0.4, -0.2) is 11.2 Å². The first-order chi connectivity index (χ1) is 11.7. The molecule has 0 aromatic heterocycles. The van der Waals surface area contributed by atoms with Crippen LogP contribution >= 0.6 is 0 Å². The van der Waals surface area contributed by atoms with E-state index in [0.717, 1.165) is 38.5 Å². The third kappa shape index (κ3) is 15.2. The van der Waals surface area contributed by atoms with Crippen molar-refractivity contribution >= 4 is 6.29 Å². The van der Waals surface area contributed by atoms with E-state index in [-0.39, 0.29) is 10.6 Å². The minimum Gasteiger partial charge on any atom is -0.291 e. The lowest BCUT2D eigenvalue weighted by atomic mass is 10.1. The first kappa shape index (κ1) is 22.3. The molecular weight excluding hydrogens is 302 g/mol. The molecule has 0 aliphatic heterocycles. The average molecular weight is 334 g/mol. The second kappa shape index (κ2) is 17.6. The maximum Gasteiger partial charge on any atom is 0.246 e. The molecule has 0 aromatic rings. The standard InChI is InChI=1S/C20H32NO3/c1-2-3-4-5-8-11-14-17-20(21(23)24)18-15-12-9-6-7-10-13-16-19-22/h8,11-12,15,17H,2-7,9-10,13-14,16,18H2,1H3/b11-8-,15-12-,20-17+. The van der Waals surface area contributed by atoms with E-state index < -0.39 is 0 Å². The minimum atomic E-state index is -0.287. The highest BCUT2D eigenvalue weighted by Gasteiger charge is 2.06. The molecule has 0 heterocycles. The molecular formula is C20H32NO3. The first-order valence-corrected chi connectivity index (χ1v) is 9.20. The van der Waals surface area contributed by atoms with Crippen molar-refractivity contribution in [3.8, 4) is 0 Å². The Morgan fingerprint density at radius 1 is 0.958 bits per heavy atom. The lowest BCUT2D eigenvalue weighted by Crippen LogP contribution is -1.97. The summed E-state index contributed by atoms with van der Waals surface area (Å²) >= 11 is 0. The number of carbonyl (C=O) groups excluding carboxylic acids is 1. The van der Waals surface area contributed by atoms with Gasteiger partial charge in [0.2, 0.25) is 5.70 Å². The molecule has 1 radical (unpaired) electrons. The van der Waals surface area contributed by atoms with E-state index in [4.69, 9.17) is 0 Å². The van der Waals surface area contributed by atoms with Crippen LogP contribution < -0.4 is 0 Å². The van der Waals surface area contributed by atoms with Gasteiger partial charge >= 0.3 is 0 Å². The van der Waals surface area contributed by atoms with Crippen LogP contribution in [0.15, 0.2) is 36.1 Å². The van der Waals surface area contributed by atoms with Crippen LogP contribution in [0.5, 0.6) is 0 Å². The molecule has 0 aliphatic carbocycles. The molecule has 24 heavy (non-hydrogen) atoms. The predicted molar refractivity (Wildman–Crippen MR) is 100 cm³/mol. The van der Waals surface area contributed by atoms with Crippen LogP contribution in [-0.2, 0) is 4.79 Å². The molecule has 0 rings (SSSR count). The van der Waals surface area contributed by atoms with Crippen LogP contribution in [0.2, 0.25) is 0 Å². The lowest BCUT2D eigenvalue weighted by molar-refractivity contribution is -0.427. The number of nitro groups is 1. The Labute approximate surface area is 146 Å². The van der Waals surface area contributed by atoms with E-state index >= 15 is 0 Å². The third-order valence-corrected chi connectivity index (χ3v) is 3.76. The summed E-state index contributed by atoms with van der Waals surface area (Å²) in [6.45, 7) is 2.18. The first-order valence-electron chi connectivity index (χ1n) is 9.20. The lowest BCUT2D eigenvalue weighted by Gasteiger charge is -1.96. The Balaban J connectivity index is 3.90. The fourth-order valence-electron chi connectivity index (χ4n) is 2.30. The van der Waals surface area contributed by atoms with E-state index in [1.165, 1.54) is 19.3 Å². The summed E-state index contributed by atoms with van der Waals surface area (Å²) in [6, 6.07) is 0. The van der Waals surface area contributed by atoms with Gasteiger partial charge in [-0.25, -0.2) is 0 Å². The van der Waals surface area contributed by atoms with Crippen molar-refractivity contribution in [1.29, 1.82) is 0 Å². The molecule has 0 unspecified atom stereocenters. The summed E-state index contributed by atoms with van der Waals surface area (Å²) < 4.78 is 0. The molecule has 0 aromatic carbocycles. The third-order valence-electron chi connectivity index (χ3n) is 3.76. The van der Waals surface area contributed by atoms with Crippen LogP contribution in [0.4, 0.5) is 0 Å². The van der Waals surface area contributed by atoms with Crippen LogP contribution in [0.1, 0.15) is 84.0 Å². The second-order valence-corrected chi connectivity index (χ2v) is 5.93. The van der Waals surface area contributed by atoms with Gasteiger partial charge in [-0.3, -0.25) is 14.9 Å². The molecule has 0 amide bonds. The summed E-state index contributed by atoms with van der Waals surface area (Å²) in [5, 5.41) is 11.0. The van der Waals surface area contributed by atoms with Gasteiger partial charge < -0.3 is 0 Å². The molecule has 0 saturated carbocycles. The molecule has 0 N–H and O–H groups in total. The SMILES string of the molecule is CCCCC/C=C\C/C=C(\C/C=C\CCCCCC[C]=O)[N+](=O)[O-]. The minimum absolute atomic E-state index is 0.269. The zero-order chi connectivity index (χ0) is 17.9. The van der Waals surface area contributed by atoms with Crippen molar-refractivity contribution in [2.45, 2.75) is 84.0 Å². The van der Waals surface area contributed by atoms with E-state index in [1.807, 2.05) is 24.5 Å². The van der Waals surface area contributed by atoms with Gasteiger partial charge in [0.25, 0.3) is 0 Å². The fourth-order valence-corrected chi connectivity index (χ4v) is 2.30. The number of unbranched alkanes of at least 4 members (excludes halogenated alkanes) is 8. The maximum absolute atomic E-state index is 11.0. The molecule has 0 saturated heterocycles. The summed E-state index contributed by atoms with van der Waals surface area (Å²) in [5.74, 6) is 0. The van der Waals surface area contributed by atoms with Crippen molar-refractivity contribution in [1.82, 2.24) is 0 Å². The Kier molecular flexibility index (Phi) is 16.4. The van der Waals surface area contributed by atoms with Gasteiger partial charge in [0.15, 0.2) is 6.29 Å². The van der Waals surface area contributed by atoms with E-state index in [0.29, 0.717) is 19.3 Å². The number of allylic oxidation sites excluding steroid dienone is 5. The van der Waals surface area contributed by atoms with Gasteiger partial charge in [0.1, 0.15) is 0 Å². The second-order valence-electron chi connectivity index (χ2n) is 5.93. The van der Waals surface area contributed by atoms with Gasteiger partial charge in [0.05, 0.1) is 11.3 Å². The highest BCUT2D eigenvalue weighted by molar-refractivity contribution is 5.50. The van der Waals surface area contributed by atoms with Gasteiger partial charge in [-0.2, -0.15) is 0 Å². The molecule has 0 bridgehead atoms. The van der Waals surface area contributed by atoms with Crippen molar-refractivity contribution in [2.24, 2.45) is 0 Å². The fraction of sp³-hybridized carbons (Fsp3) is 0.650. The normalized spacial score (nSPS) is 12.3. The van der Waals surface area contributed by atoms with E-state index in [2.05, 4.69) is 13.0 Å². The number of rotatable bonds is 16. The Morgan fingerprint density at radius 3 is 2.29 bits per heavy atom. The molecule has 0 aliphatic rings. The van der Waals surface area contributed by atoms with Gasteiger partial charge in [-0.15, -0.1) is 0 Å². The number of hydrogen-bond donors (Lipinski definition) is 0. The van der Waals surface area contributed by atoms with E-state index in [1.54, 1.807) is 6.08 Å². The van der Waals surface area contributed by atoms with Gasteiger partial charge in [-0.1, -0.05) is 56.9 Å². The van der Waals surface area contributed by atoms with E-state index in [9.17, 15) is 14.9 Å². The molecule has 135 valence electrons. The molecule has 0 fully saturated rings. The highest BCUT2D eigenvalue weighted by Crippen LogP contribution is 2.09. The van der Waals surface area contributed by atoms with Crippen LogP contribution in [0.3, 0.4) is 0 Å². The maximum atomic E-state index is 11.0. The molecule has 4 nitrogen and oxygen atoms in total. The summed E-state index contributed by atoms with van der Waals surface area (Å²) in [4.78, 5) is 20.8. The number of hydrogen-bond acceptors (Lipinski definition) is 3. The Morgan fingerprint density at radius 2 is 1.62 bits per heavy atom.